The van der Waals surface area contributed by atoms with E-state index in [1.807, 2.05) is 36.5 Å². The summed E-state index contributed by atoms with van der Waals surface area (Å²) < 4.78 is 1.13. The molecule has 0 fully saturated rings. The number of pyridine rings is 1. The molecule has 146 valence electrons. The van der Waals surface area contributed by atoms with E-state index >= 15 is 0 Å². The minimum absolute atomic E-state index is 0.0142. The molecule has 6 heteroatoms. The van der Waals surface area contributed by atoms with Gasteiger partial charge in [0, 0.05) is 50.3 Å². The summed E-state index contributed by atoms with van der Waals surface area (Å²) in [5, 5.41) is 24.9. The number of fused-ring (bicyclic) bond motifs is 2. The number of nitriles is 1. The molecule has 5 aromatic rings. The van der Waals surface area contributed by atoms with Crippen molar-refractivity contribution in [3.63, 3.8) is 0 Å². The number of aryl methyl sites for hydroxylation is 1. The molecule has 0 aliphatic heterocycles. The average molecular weight is 411 g/mol. The molecule has 0 saturated heterocycles. The number of hydrogen-bond acceptors (Lipinski definition) is 5. The summed E-state index contributed by atoms with van der Waals surface area (Å²) in [6, 6.07) is 16.4. The zero-order chi connectivity index (χ0) is 20.7. The fourth-order valence-electron chi connectivity index (χ4n) is 3.74. The number of aromatic nitrogens is 2. The van der Waals surface area contributed by atoms with E-state index in [9.17, 15) is 10.4 Å². The van der Waals surface area contributed by atoms with Gasteiger partial charge in [-0.1, -0.05) is 6.07 Å². The third kappa shape index (κ3) is 3.01. The number of aromatic amines is 1. The smallest absolute Gasteiger partial charge is 0.103 e. The lowest BCUT2D eigenvalue weighted by atomic mass is 10.1. The summed E-state index contributed by atoms with van der Waals surface area (Å²) in [6.45, 7) is 2.08. The summed E-state index contributed by atoms with van der Waals surface area (Å²) in [6.07, 6.45) is 5.32. The zero-order valence-electron chi connectivity index (χ0n) is 16.2. The summed E-state index contributed by atoms with van der Waals surface area (Å²) in [7, 11) is 0. The first-order chi connectivity index (χ1) is 14.7. The van der Waals surface area contributed by atoms with Gasteiger partial charge in [0.15, 0.2) is 0 Å². The van der Waals surface area contributed by atoms with Crippen LogP contribution in [0.5, 0.6) is 0 Å². The normalized spacial score (nSPS) is 11.1. The molecular formula is C24H18N4OS. The molecule has 0 amide bonds. The molecule has 5 rings (SSSR count). The first-order valence-electron chi connectivity index (χ1n) is 9.53. The van der Waals surface area contributed by atoms with Gasteiger partial charge in [-0.05, 0) is 59.8 Å². The van der Waals surface area contributed by atoms with E-state index in [0.717, 1.165) is 53.9 Å². The van der Waals surface area contributed by atoms with E-state index in [-0.39, 0.29) is 6.61 Å². The molecule has 2 aromatic carbocycles. The number of thiophene rings is 1. The van der Waals surface area contributed by atoms with Gasteiger partial charge in [0.05, 0.1) is 17.9 Å². The van der Waals surface area contributed by atoms with Gasteiger partial charge >= 0.3 is 0 Å². The predicted molar refractivity (Wildman–Crippen MR) is 122 cm³/mol. The second kappa shape index (κ2) is 7.30. The van der Waals surface area contributed by atoms with Crippen LogP contribution in [0.4, 0.5) is 11.4 Å². The maximum Gasteiger partial charge on any atom is 0.103 e. The second-order valence-corrected chi connectivity index (χ2v) is 8.25. The van der Waals surface area contributed by atoms with Crippen LogP contribution in [0.3, 0.4) is 0 Å². The molecule has 3 heterocycles. The minimum Gasteiger partial charge on any atom is -0.392 e. The highest BCUT2D eigenvalue weighted by Crippen LogP contribution is 2.40. The van der Waals surface area contributed by atoms with Gasteiger partial charge in [-0.25, -0.2) is 0 Å². The summed E-state index contributed by atoms with van der Waals surface area (Å²) in [5.41, 5.74) is 6.16. The van der Waals surface area contributed by atoms with Crippen LogP contribution >= 0.6 is 11.3 Å². The zero-order valence-corrected chi connectivity index (χ0v) is 17.0. The third-order valence-corrected chi connectivity index (χ3v) is 6.51. The number of rotatable bonds is 4. The second-order valence-electron chi connectivity index (χ2n) is 7.16. The SMILES string of the molecule is Cc1c(Nc2c(C#N)cncc2-c2cc3cc(CO)ccc3s2)ccc2[nH]ccc12. The van der Waals surface area contributed by atoms with E-state index in [0.29, 0.717) is 5.56 Å². The van der Waals surface area contributed by atoms with Gasteiger partial charge in [-0.2, -0.15) is 5.26 Å². The molecule has 3 N–H and O–H groups in total. The van der Waals surface area contributed by atoms with Crippen molar-refractivity contribution in [1.82, 2.24) is 9.97 Å². The van der Waals surface area contributed by atoms with Crippen molar-refractivity contribution in [3.05, 3.63) is 77.7 Å². The molecular weight excluding hydrogens is 392 g/mol. The minimum atomic E-state index is 0.0142. The Morgan fingerprint density at radius 3 is 2.90 bits per heavy atom. The van der Waals surface area contributed by atoms with Crippen molar-refractivity contribution < 1.29 is 5.11 Å². The van der Waals surface area contributed by atoms with E-state index in [1.165, 1.54) is 0 Å². The molecule has 0 aliphatic carbocycles. The maximum absolute atomic E-state index is 9.72. The monoisotopic (exact) mass is 410 g/mol. The van der Waals surface area contributed by atoms with Crippen LogP contribution in [-0.4, -0.2) is 15.1 Å². The van der Waals surface area contributed by atoms with Crippen molar-refractivity contribution in [2.24, 2.45) is 0 Å². The van der Waals surface area contributed by atoms with Gasteiger partial charge in [0.2, 0.25) is 0 Å². The lowest BCUT2D eigenvalue weighted by molar-refractivity contribution is 0.282. The lowest BCUT2D eigenvalue weighted by Gasteiger charge is -2.15. The number of nitrogens with zero attached hydrogens (tertiary/aromatic N) is 2. The first-order valence-corrected chi connectivity index (χ1v) is 10.3. The molecule has 3 aromatic heterocycles. The number of hydrogen-bond donors (Lipinski definition) is 3. The number of aliphatic hydroxyl groups is 1. The average Bonchev–Trinajstić information content (AvgIpc) is 3.42. The molecule has 0 saturated carbocycles. The van der Waals surface area contributed by atoms with Crippen LogP contribution in [0.25, 0.3) is 31.4 Å². The Hall–Kier alpha value is -3.66. The molecule has 0 unspecified atom stereocenters. The lowest BCUT2D eigenvalue weighted by Crippen LogP contribution is -1.99. The molecule has 30 heavy (non-hydrogen) atoms. The highest BCUT2D eigenvalue weighted by atomic mass is 32.1. The molecule has 0 spiro atoms. The Morgan fingerprint density at radius 2 is 2.07 bits per heavy atom. The van der Waals surface area contributed by atoms with Gasteiger partial charge in [-0.15, -0.1) is 11.3 Å². The van der Waals surface area contributed by atoms with Crippen molar-refractivity contribution in [2.45, 2.75) is 13.5 Å². The number of nitrogens with one attached hydrogen (secondary N) is 2. The Morgan fingerprint density at radius 1 is 1.17 bits per heavy atom. The van der Waals surface area contributed by atoms with Crippen LogP contribution in [0.1, 0.15) is 16.7 Å². The number of anilines is 2. The van der Waals surface area contributed by atoms with E-state index in [2.05, 4.69) is 40.4 Å². The quantitative estimate of drug-likeness (QED) is 0.346. The Labute approximate surface area is 177 Å². The number of H-pyrrole nitrogens is 1. The first kappa shape index (κ1) is 18.4. The van der Waals surface area contributed by atoms with Crippen molar-refractivity contribution >= 4 is 43.7 Å². The highest BCUT2D eigenvalue weighted by molar-refractivity contribution is 7.22. The van der Waals surface area contributed by atoms with Gasteiger partial charge in [0.1, 0.15) is 6.07 Å². The van der Waals surface area contributed by atoms with Crippen molar-refractivity contribution in [2.75, 3.05) is 5.32 Å². The molecule has 0 atom stereocenters. The number of benzene rings is 2. The Kier molecular flexibility index (Phi) is 4.47. The maximum atomic E-state index is 9.72. The summed E-state index contributed by atoms with van der Waals surface area (Å²) in [5.74, 6) is 0. The largest absolute Gasteiger partial charge is 0.392 e. The predicted octanol–water partition coefficient (Wildman–Crippen LogP) is 5.86. The fourth-order valence-corrected chi connectivity index (χ4v) is 4.80. The van der Waals surface area contributed by atoms with E-state index < -0.39 is 0 Å². The molecule has 5 nitrogen and oxygen atoms in total. The third-order valence-electron chi connectivity index (χ3n) is 5.36. The highest BCUT2D eigenvalue weighted by Gasteiger charge is 2.16. The van der Waals surface area contributed by atoms with Crippen molar-refractivity contribution in [1.29, 1.82) is 5.26 Å². The van der Waals surface area contributed by atoms with Crippen LogP contribution in [-0.2, 0) is 6.61 Å². The topological polar surface area (TPSA) is 84.7 Å². The van der Waals surface area contributed by atoms with Crippen molar-refractivity contribution in [3.8, 4) is 16.5 Å². The van der Waals surface area contributed by atoms with Gasteiger partial charge in [0.25, 0.3) is 0 Å². The summed E-state index contributed by atoms with van der Waals surface area (Å²) >= 11 is 1.65. The Balaban J connectivity index is 1.65. The van der Waals surface area contributed by atoms with E-state index in [4.69, 9.17) is 0 Å². The van der Waals surface area contributed by atoms with Gasteiger partial charge < -0.3 is 15.4 Å². The van der Waals surface area contributed by atoms with Crippen LogP contribution in [0.15, 0.2) is 61.1 Å². The molecule has 0 bridgehead atoms. The standard InChI is InChI=1S/C24H18N4OS/c1-14-18-6-7-27-21(18)4-3-20(14)28-24-17(10-25)11-26-12-19(24)23-9-16-8-15(13-29)2-5-22(16)30-23/h2-9,11-12,27,29H,13H2,1H3,(H,26,28). The molecule has 0 aliphatic rings. The number of aliphatic hydroxyl groups excluding tert-OH is 1. The van der Waals surface area contributed by atoms with Crippen LogP contribution in [0.2, 0.25) is 0 Å². The van der Waals surface area contributed by atoms with Gasteiger partial charge in [-0.3, -0.25) is 4.98 Å². The Bertz CT molecular complexity index is 1440. The summed E-state index contributed by atoms with van der Waals surface area (Å²) in [4.78, 5) is 8.55. The fraction of sp³-hybridized carbons (Fsp3) is 0.0833. The van der Waals surface area contributed by atoms with E-state index in [1.54, 1.807) is 23.7 Å². The molecule has 0 radical (unpaired) electrons. The van der Waals surface area contributed by atoms with Crippen LogP contribution < -0.4 is 5.32 Å². The van der Waals surface area contributed by atoms with Crippen LogP contribution in [0, 0.1) is 18.3 Å².